The molecule has 0 saturated heterocycles. The van der Waals surface area contributed by atoms with E-state index >= 15 is 35.1 Å². The fraction of sp³-hybridized carbons (Fsp3) is 0. The molecule has 0 bridgehead atoms. The molecule has 0 nitrogen and oxygen atoms in total. The molecule has 6 aromatic carbocycles. The van der Waals surface area contributed by atoms with Gasteiger partial charge in [-0.25, -0.2) is 87.8 Å². The van der Waals surface area contributed by atoms with Crippen LogP contribution in [-0.4, -0.2) is 6.15 Å². The first-order valence-electron chi connectivity index (χ1n) is 16.0. The molecule has 0 atom stereocenters. The number of rotatable bonds is 7. The van der Waals surface area contributed by atoms with Gasteiger partial charge >= 0.3 is 0 Å². The Morgan fingerprint density at radius 2 is 0.475 bits per heavy atom. The molecule has 0 spiro atoms. The summed E-state index contributed by atoms with van der Waals surface area (Å²) in [4.78, 5) is 2.57. The molecule has 0 radical (unpaired) electrons. The molecule has 6 aromatic rings. The molecule has 0 aromatic heterocycles. The fourth-order valence-corrected chi connectivity index (χ4v) is 8.25. The topological polar surface area (TPSA) is 0 Å². The normalized spacial score (nSPS) is 11.8. The smallest absolute Gasteiger partial charge is 0.200 e. The molecule has 61 heavy (non-hydrogen) atoms. The lowest BCUT2D eigenvalue weighted by molar-refractivity contribution is 0.378. The largest absolute Gasteiger partial charge is 0.207 e. The minimum atomic E-state index is -7.22. The van der Waals surface area contributed by atoms with Gasteiger partial charge in [0, 0.05) is 0 Å². The molecule has 23 heteroatoms. The summed E-state index contributed by atoms with van der Waals surface area (Å²) in [5.41, 5.74) is -12.7. The van der Waals surface area contributed by atoms with Crippen molar-refractivity contribution in [1.29, 1.82) is 0 Å². The third-order valence-electron chi connectivity index (χ3n) is 8.89. The third-order valence-corrected chi connectivity index (χ3v) is 11.1. The lowest BCUT2D eigenvalue weighted by Crippen LogP contribution is -2.81. The van der Waals surface area contributed by atoms with Crippen LogP contribution in [0, 0.1) is 116 Å². The number of hydrogen-bond acceptors (Lipinski definition) is 0. The summed E-state index contributed by atoms with van der Waals surface area (Å²) in [5, 5.41) is 2.03. The van der Waals surface area contributed by atoms with Crippen molar-refractivity contribution in [3.8, 4) is 0 Å². The van der Waals surface area contributed by atoms with Crippen molar-refractivity contribution in [2.24, 2.45) is 0 Å². The molecule has 6 rings (SSSR count). The van der Waals surface area contributed by atoms with Crippen LogP contribution in [-0.2, 0) is 10.9 Å². The fourth-order valence-electron chi connectivity index (χ4n) is 6.35. The van der Waals surface area contributed by atoms with E-state index in [9.17, 15) is 52.7 Å². The van der Waals surface area contributed by atoms with Crippen molar-refractivity contribution in [2.75, 3.05) is 0 Å². The zero-order chi connectivity index (χ0) is 45.6. The van der Waals surface area contributed by atoms with Gasteiger partial charge in [0.05, 0.1) is 16.4 Å². The number of hydrogen-bond donors (Lipinski definition) is 0. The Bertz CT molecular complexity index is 2290. The van der Waals surface area contributed by atoms with E-state index in [4.69, 9.17) is 11.6 Å². The molecule has 0 heterocycles. The molecule has 0 saturated carbocycles. The van der Waals surface area contributed by atoms with Crippen LogP contribution in [0.5, 0.6) is 0 Å². The lowest BCUT2D eigenvalue weighted by atomic mass is 9.12. The summed E-state index contributed by atoms with van der Waals surface area (Å²) >= 11 is 5.72. The van der Waals surface area contributed by atoms with Gasteiger partial charge in [-0.1, -0.05) is 48.0 Å². The maximum atomic E-state index is 15.4. The summed E-state index contributed by atoms with van der Waals surface area (Å²) in [5.74, 6) is -71.4. The maximum absolute atomic E-state index is 15.4. The molecule has 0 aliphatic rings. The lowest BCUT2D eigenvalue weighted by Gasteiger charge is -2.44. The van der Waals surface area contributed by atoms with E-state index in [2.05, 4.69) is 48.5 Å². The second-order valence-electron chi connectivity index (χ2n) is 12.0. The minimum Gasteiger partial charge on any atom is -0.207 e. The van der Waals surface area contributed by atoms with Crippen molar-refractivity contribution in [3.05, 3.63) is 188 Å². The third kappa shape index (κ3) is 7.46. The molecule has 0 amide bonds. The van der Waals surface area contributed by atoms with Gasteiger partial charge in [0.1, 0.15) is 58.1 Å². The van der Waals surface area contributed by atoms with Gasteiger partial charge in [-0.3, -0.25) is 0 Å². The SMILES string of the molecule is Cl/C=C/[S+](c1ccccc1)c1ccccc1.Fc1c(F)c(F)c([B-](c2c(F)c(F)c(F)c(F)c2F)(c2c(F)c(F)c(F)c(F)c2F)c2c(F)c(F)c(F)c(F)c2F)c(F)c1F. The first-order valence-corrected chi connectivity index (χ1v) is 17.7. The molecule has 0 fully saturated rings. The Kier molecular flexibility index (Phi) is 13.5. The van der Waals surface area contributed by atoms with Gasteiger partial charge in [-0.15, -0.1) is 21.9 Å². The van der Waals surface area contributed by atoms with Crippen LogP contribution < -0.4 is 21.9 Å². The number of benzene rings is 6. The van der Waals surface area contributed by atoms with Gasteiger partial charge in [0.15, 0.2) is 79.6 Å². The molecular formula is C38H12BClF20S. The van der Waals surface area contributed by atoms with Crippen LogP contribution >= 0.6 is 11.6 Å². The van der Waals surface area contributed by atoms with Crippen LogP contribution in [0.3, 0.4) is 0 Å². The van der Waals surface area contributed by atoms with Crippen LogP contribution in [0.1, 0.15) is 0 Å². The van der Waals surface area contributed by atoms with Crippen molar-refractivity contribution in [2.45, 2.75) is 9.79 Å². The standard InChI is InChI=1S/C24BF20.C14H12ClS/c26-5-1(6(27)14(35)21(42)13(5)34)25(2-7(28)15(36)22(43)16(37)8(2)29,3-9(30)17(38)23(44)18(39)10(3)31)4-11(32)19(40)24(45)20(41)12(4)33;15-11-12-16(13-7-3-1-4-8-13)14-9-5-2-6-10-14/h;1-12H/q-1;+1/b;12-11+. The van der Waals surface area contributed by atoms with Gasteiger partial charge in [-0.2, -0.15) is 0 Å². The predicted octanol–water partition coefficient (Wildman–Crippen LogP) is 10.3. The Morgan fingerprint density at radius 3 is 0.656 bits per heavy atom. The van der Waals surface area contributed by atoms with Crippen LogP contribution in [0.25, 0.3) is 0 Å². The highest BCUT2D eigenvalue weighted by molar-refractivity contribution is 7.99. The maximum Gasteiger partial charge on any atom is 0.200 e. The summed E-state index contributed by atoms with van der Waals surface area (Å²) in [6.45, 7) is 0. The van der Waals surface area contributed by atoms with Crippen molar-refractivity contribution < 1.29 is 87.8 Å². The average molecular weight is 927 g/mol. The quantitative estimate of drug-likeness (QED) is 0.0492. The summed E-state index contributed by atoms with van der Waals surface area (Å²) in [6, 6.07) is 20.8. The number of halogens is 21. The Hall–Kier alpha value is -5.64. The molecule has 0 N–H and O–H groups in total. The Balaban J connectivity index is 0.000000366. The average Bonchev–Trinajstić information content (AvgIpc) is 3.26. The summed E-state index contributed by atoms with van der Waals surface area (Å²) in [6.07, 6.45) is -7.22. The van der Waals surface area contributed by atoms with Crippen LogP contribution in [0.15, 0.2) is 81.4 Å². The van der Waals surface area contributed by atoms with E-state index in [0.29, 0.717) is 0 Å². The van der Waals surface area contributed by atoms with Crippen LogP contribution in [0.2, 0.25) is 0 Å². The van der Waals surface area contributed by atoms with E-state index in [-0.39, 0.29) is 10.9 Å². The first kappa shape index (κ1) is 46.4. The van der Waals surface area contributed by atoms with Crippen molar-refractivity contribution >= 4 is 50.5 Å². The first-order chi connectivity index (χ1) is 28.6. The highest BCUT2D eigenvalue weighted by Crippen LogP contribution is 2.31. The molecule has 320 valence electrons. The van der Waals surface area contributed by atoms with Gasteiger partial charge in [0.25, 0.3) is 0 Å². The zero-order valence-electron chi connectivity index (χ0n) is 28.9. The van der Waals surface area contributed by atoms with Gasteiger partial charge in [-0.05, 0) is 24.3 Å². The van der Waals surface area contributed by atoms with E-state index in [0.717, 1.165) is 0 Å². The minimum absolute atomic E-state index is 0.0638. The second kappa shape index (κ2) is 17.8. The van der Waals surface area contributed by atoms with Crippen molar-refractivity contribution in [3.63, 3.8) is 0 Å². The molecule has 0 unspecified atom stereocenters. The monoisotopic (exact) mass is 926 g/mol. The highest BCUT2D eigenvalue weighted by atomic mass is 35.5. The van der Waals surface area contributed by atoms with E-state index < -0.39 is 144 Å². The Morgan fingerprint density at radius 1 is 0.295 bits per heavy atom. The van der Waals surface area contributed by atoms with Gasteiger partial charge in [0.2, 0.25) is 0 Å². The Labute approximate surface area is 335 Å². The highest BCUT2D eigenvalue weighted by Gasteiger charge is 2.52. The van der Waals surface area contributed by atoms with E-state index in [1.165, 1.54) is 9.79 Å². The molecular weight excluding hydrogens is 915 g/mol. The molecule has 0 aliphatic carbocycles. The second-order valence-corrected chi connectivity index (χ2v) is 14.2. The van der Waals surface area contributed by atoms with Crippen molar-refractivity contribution in [1.82, 2.24) is 0 Å². The van der Waals surface area contributed by atoms with E-state index in [1.807, 2.05) is 17.5 Å². The summed E-state index contributed by atoms with van der Waals surface area (Å²) < 4.78 is 294. The van der Waals surface area contributed by atoms with Crippen LogP contribution in [0.4, 0.5) is 87.8 Å². The summed E-state index contributed by atoms with van der Waals surface area (Å²) in [7, 11) is -0.0638. The predicted molar refractivity (Wildman–Crippen MR) is 181 cm³/mol. The molecule has 0 aliphatic heterocycles. The zero-order valence-corrected chi connectivity index (χ0v) is 30.4. The van der Waals surface area contributed by atoms with Gasteiger partial charge < -0.3 is 0 Å². The van der Waals surface area contributed by atoms with E-state index in [1.54, 1.807) is 5.54 Å².